The van der Waals surface area contributed by atoms with E-state index in [2.05, 4.69) is 28.8 Å². The lowest BCUT2D eigenvalue weighted by Crippen LogP contribution is -2.36. The third-order valence-electron chi connectivity index (χ3n) is 3.54. The van der Waals surface area contributed by atoms with Crippen molar-refractivity contribution < 1.29 is 0 Å². The van der Waals surface area contributed by atoms with Crippen molar-refractivity contribution in [3.8, 4) is 0 Å². The number of likely N-dealkylation sites (N-methyl/N-ethyl adjacent to an activating group) is 1. The first-order valence-corrected chi connectivity index (χ1v) is 6.71. The lowest BCUT2D eigenvalue weighted by Gasteiger charge is -2.32. The first kappa shape index (κ1) is 11.1. The molecular weight excluding hydrogens is 204 g/mol. The molecule has 1 aliphatic carbocycles. The molecule has 2 N–H and O–H groups in total. The van der Waals surface area contributed by atoms with Gasteiger partial charge in [0.25, 0.3) is 0 Å². The third kappa shape index (κ3) is 2.41. The van der Waals surface area contributed by atoms with Gasteiger partial charge in [-0.2, -0.15) is 11.3 Å². The average Bonchev–Trinajstić information content (AvgIpc) is 2.91. The molecule has 1 fully saturated rings. The first-order chi connectivity index (χ1) is 7.33. The second kappa shape index (κ2) is 5.10. The predicted octanol–water partition coefficient (Wildman–Crippen LogP) is 2.62. The minimum Gasteiger partial charge on any atom is -0.329 e. The van der Waals surface area contributed by atoms with Crippen LogP contribution < -0.4 is 5.73 Å². The molecule has 1 unspecified atom stereocenters. The second-order valence-corrected chi connectivity index (χ2v) is 5.19. The normalized spacial score (nSPS) is 19.9. The molecule has 0 spiro atoms. The Hall–Kier alpha value is -0.380. The van der Waals surface area contributed by atoms with Gasteiger partial charge in [-0.05, 0) is 42.3 Å². The van der Waals surface area contributed by atoms with E-state index in [4.69, 9.17) is 5.73 Å². The standard InChI is InChI=1S/C12H20N2S/c1-14(11-4-2-3-5-11)12(8-13)10-6-7-15-9-10/h6-7,9,11-12H,2-5,8,13H2,1H3. The predicted molar refractivity (Wildman–Crippen MR) is 66.1 cm³/mol. The highest BCUT2D eigenvalue weighted by atomic mass is 32.1. The van der Waals surface area contributed by atoms with Crippen molar-refractivity contribution in [2.75, 3.05) is 13.6 Å². The fourth-order valence-electron chi connectivity index (χ4n) is 2.57. The summed E-state index contributed by atoms with van der Waals surface area (Å²) in [4.78, 5) is 2.48. The zero-order valence-electron chi connectivity index (χ0n) is 9.36. The average molecular weight is 224 g/mol. The van der Waals surface area contributed by atoms with Crippen LogP contribution in [0.15, 0.2) is 16.8 Å². The molecule has 1 heterocycles. The molecule has 1 aromatic rings. The molecule has 0 aliphatic heterocycles. The van der Waals surface area contributed by atoms with E-state index >= 15 is 0 Å². The monoisotopic (exact) mass is 224 g/mol. The van der Waals surface area contributed by atoms with Gasteiger partial charge in [0, 0.05) is 18.6 Å². The Bertz CT molecular complexity index is 278. The number of nitrogens with two attached hydrogens (primary N) is 1. The third-order valence-corrected chi connectivity index (χ3v) is 4.24. The summed E-state index contributed by atoms with van der Waals surface area (Å²) in [6.07, 6.45) is 5.46. The fourth-order valence-corrected chi connectivity index (χ4v) is 3.28. The Morgan fingerprint density at radius 3 is 2.80 bits per heavy atom. The summed E-state index contributed by atoms with van der Waals surface area (Å²) in [7, 11) is 2.23. The Labute approximate surface area is 96.1 Å². The van der Waals surface area contributed by atoms with Crippen LogP contribution in [0.5, 0.6) is 0 Å². The van der Waals surface area contributed by atoms with Gasteiger partial charge in [0.2, 0.25) is 0 Å². The van der Waals surface area contributed by atoms with Crippen molar-refractivity contribution in [1.82, 2.24) is 4.90 Å². The largest absolute Gasteiger partial charge is 0.329 e. The summed E-state index contributed by atoms with van der Waals surface area (Å²) in [5, 5.41) is 4.36. The molecule has 1 aromatic heterocycles. The molecule has 0 radical (unpaired) electrons. The number of nitrogens with zero attached hydrogens (tertiary/aromatic N) is 1. The number of hydrogen-bond donors (Lipinski definition) is 1. The molecule has 1 atom stereocenters. The minimum absolute atomic E-state index is 0.416. The summed E-state index contributed by atoms with van der Waals surface area (Å²) in [6, 6.07) is 3.37. The van der Waals surface area contributed by atoms with Crippen LogP contribution in [-0.2, 0) is 0 Å². The second-order valence-electron chi connectivity index (χ2n) is 4.41. The molecule has 0 aromatic carbocycles. The highest BCUT2D eigenvalue weighted by Crippen LogP contribution is 2.29. The molecular formula is C12H20N2S. The maximum atomic E-state index is 5.90. The molecule has 2 rings (SSSR count). The Balaban J connectivity index is 2.05. The molecule has 84 valence electrons. The molecule has 0 bridgehead atoms. The molecule has 0 amide bonds. The van der Waals surface area contributed by atoms with Crippen molar-refractivity contribution in [1.29, 1.82) is 0 Å². The van der Waals surface area contributed by atoms with Crippen LogP contribution in [0.4, 0.5) is 0 Å². The van der Waals surface area contributed by atoms with E-state index in [1.54, 1.807) is 11.3 Å². The Kier molecular flexibility index (Phi) is 3.78. The minimum atomic E-state index is 0.416. The molecule has 1 aliphatic rings. The number of hydrogen-bond acceptors (Lipinski definition) is 3. The number of rotatable bonds is 4. The van der Waals surface area contributed by atoms with E-state index in [0.29, 0.717) is 6.04 Å². The summed E-state index contributed by atoms with van der Waals surface area (Å²) in [5.74, 6) is 0. The molecule has 0 saturated heterocycles. The highest BCUT2D eigenvalue weighted by molar-refractivity contribution is 7.07. The van der Waals surface area contributed by atoms with Crippen molar-refractivity contribution in [3.05, 3.63) is 22.4 Å². The summed E-state index contributed by atoms with van der Waals surface area (Å²) in [5.41, 5.74) is 7.28. The van der Waals surface area contributed by atoms with E-state index in [1.807, 2.05) is 0 Å². The van der Waals surface area contributed by atoms with Crippen LogP contribution in [0, 0.1) is 0 Å². The summed E-state index contributed by atoms with van der Waals surface area (Å²) in [6.45, 7) is 0.726. The smallest absolute Gasteiger partial charge is 0.0478 e. The fraction of sp³-hybridized carbons (Fsp3) is 0.667. The van der Waals surface area contributed by atoms with Crippen LogP contribution in [0.1, 0.15) is 37.3 Å². The van der Waals surface area contributed by atoms with Crippen LogP contribution >= 0.6 is 11.3 Å². The zero-order chi connectivity index (χ0) is 10.7. The van der Waals surface area contributed by atoms with Gasteiger partial charge in [-0.1, -0.05) is 12.8 Å². The van der Waals surface area contributed by atoms with Crippen LogP contribution in [0.2, 0.25) is 0 Å². The Morgan fingerprint density at radius 1 is 1.53 bits per heavy atom. The van der Waals surface area contributed by atoms with Gasteiger partial charge < -0.3 is 5.73 Å². The van der Waals surface area contributed by atoms with E-state index in [-0.39, 0.29) is 0 Å². The molecule has 15 heavy (non-hydrogen) atoms. The Morgan fingerprint density at radius 2 is 2.27 bits per heavy atom. The molecule has 2 nitrogen and oxygen atoms in total. The van der Waals surface area contributed by atoms with Gasteiger partial charge in [0.05, 0.1) is 0 Å². The quantitative estimate of drug-likeness (QED) is 0.852. The van der Waals surface area contributed by atoms with Crippen molar-refractivity contribution in [2.45, 2.75) is 37.8 Å². The van der Waals surface area contributed by atoms with E-state index in [0.717, 1.165) is 12.6 Å². The lowest BCUT2D eigenvalue weighted by atomic mass is 10.1. The molecule has 3 heteroatoms. The highest BCUT2D eigenvalue weighted by Gasteiger charge is 2.25. The lowest BCUT2D eigenvalue weighted by molar-refractivity contribution is 0.180. The van der Waals surface area contributed by atoms with Crippen molar-refractivity contribution >= 4 is 11.3 Å². The van der Waals surface area contributed by atoms with Crippen LogP contribution in [0.3, 0.4) is 0 Å². The zero-order valence-corrected chi connectivity index (χ0v) is 10.2. The van der Waals surface area contributed by atoms with E-state index in [9.17, 15) is 0 Å². The van der Waals surface area contributed by atoms with Gasteiger partial charge in [-0.25, -0.2) is 0 Å². The summed E-state index contributed by atoms with van der Waals surface area (Å²) < 4.78 is 0. The number of thiophene rings is 1. The topological polar surface area (TPSA) is 29.3 Å². The SMILES string of the molecule is CN(C1CCCC1)C(CN)c1ccsc1. The van der Waals surface area contributed by atoms with Crippen LogP contribution in [0.25, 0.3) is 0 Å². The maximum absolute atomic E-state index is 5.90. The van der Waals surface area contributed by atoms with Gasteiger partial charge >= 0.3 is 0 Å². The van der Waals surface area contributed by atoms with Gasteiger partial charge in [0.1, 0.15) is 0 Å². The van der Waals surface area contributed by atoms with Crippen molar-refractivity contribution in [2.24, 2.45) is 5.73 Å². The van der Waals surface area contributed by atoms with E-state index < -0.39 is 0 Å². The molecule has 1 saturated carbocycles. The first-order valence-electron chi connectivity index (χ1n) is 5.77. The maximum Gasteiger partial charge on any atom is 0.0478 e. The van der Waals surface area contributed by atoms with Gasteiger partial charge in [-0.15, -0.1) is 0 Å². The summed E-state index contributed by atoms with van der Waals surface area (Å²) >= 11 is 1.76. The van der Waals surface area contributed by atoms with Crippen LogP contribution in [-0.4, -0.2) is 24.5 Å². The van der Waals surface area contributed by atoms with Gasteiger partial charge in [-0.3, -0.25) is 4.90 Å². The van der Waals surface area contributed by atoms with Crippen molar-refractivity contribution in [3.63, 3.8) is 0 Å². The van der Waals surface area contributed by atoms with Gasteiger partial charge in [0.15, 0.2) is 0 Å². The van der Waals surface area contributed by atoms with E-state index in [1.165, 1.54) is 31.2 Å².